The predicted molar refractivity (Wildman–Crippen MR) is 139 cm³/mol. The topological polar surface area (TPSA) is 97.6 Å². The number of rotatable bonds is 7. The van der Waals surface area contributed by atoms with Crippen molar-refractivity contribution >= 4 is 45.8 Å². The van der Waals surface area contributed by atoms with Crippen LogP contribution in [0.15, 0.2) is 65.8 Å². The zero-order valence-electron chi connectivity index (χ0n) is 19.1. The van der Waals surface area contributed by atoms with E-state index in [0.717, 1.165) is 30.8 Å². The van der Waals surface area contributed by atoms with Gasteiger partial charge in [-0.1, -0.05) is 29.3 Å². The largest absolute Gasteiger partial charge is 0.477 e. The lowest BCUT2D eigenvalue weighted by Gasteiger charge is -2.28. The maximum atomic E-state index is 13.0. The number of halogens is 2. The summed E-state index contributed by atoms with van der Waals surface area (Å²) in [4.78, 5) is 35.5. The lowest BCUT2D eigenvalue weighted by Crippen LogP contribution is -2.34. The molecule has 1 aromatic carbocycles. The van der Waals surface area contributed by atoms with Crippen LogP contribution in [0.4, 0.5) is 5.69 Å². The number of fused-ring (bicyclic) bond motifs is 1. The maximum Gasteiger partial charge on any atom is 0.341 e. The highest BCUT2D eigenvalue weighted by molar-refractivity contribution is 6.34. The molecule has 0 saturated carbocycles. The van der Waals surface area contributed by atoms with Crippen LogP contribution in [0.3, 0.4) is 0 Å². The van der Waals surface area contributed by atoms with E-state index in [-0.39, 0.29) is 17.0 Å². The number of benzene rings is 1. The molecule has 0 bridgehead atoms. The van der Waals surface area contributed by atoms with E-state index in [1.807, 2.05) is 18.2 Å². The smallest absolute Gasteiger partial charge is 0.341 e. The van der Waals surface area contributed by atoms with Gasteiger partial charge in [-0.05, 0) is 49.2 Å². The van der Waals surface area contributed by atoms with E-state index in [0.29, 0.717) is 34.6 Å². The molecule has 4 aromatic rings. The van der Waals surface area contributed by atoms with Crippen molar-refractivity contribution in [3.05, 3.63) is 92.6 Å². The van der Waals surface area contributed by atoms with E-state index < -0.39 is 11.4 Å². The number of ether oxygens (including phenoxy) is 1. The third kappa shape index (κ3) is 4.74. The molecule has 3 aromatic heterocycles. The molecule has 1 aliphatic heterocycles. The highest BCUT2D eigenvalue weighted by Crippen LogP contribution is 2.35. The van der Waals surface area contributed by atoms with E-state index in [1.54, 1.807) is 41.2 Å². The van der Waals surface area contributed by atoms with Crippen LogP contribution in [-0.4, -0.2) is 44.8 Å². The minimum Gasteiger partial charge on any atom is -0.477 e. The van der Waals surface area contributed by atoms with Gasteiger partial charge in [-0.3, -0.25) is 9.78 Å². The van der Waals surface area contributed by atoms with Gasteiger partial charge in [-0.15, -0.1) is 0 Å². The number of anilines is 1. The van der Waals surface area contributed by atoms with Crippen molar-refractivity contribution < 1.29 is 14.6 Å². The molecule has 10 heteroatoms. The van der Waals surface area contributed by atoms with E-state index in [1.165, 1.54) is 6.20 Å². The third-order valence-corrected chi connectivity index (χ3v) is 6.85. The number of hydrogen-bond donors (Lipinski definition) is 1. The second kappa shape index (κ2) is 10.2. The normalized spacial score (nSPS) is 15.4. The Labute approximate surface area is 216 Å². The molecule has 1 saturated heterocycles. The Bertz CT molecular complexity index is 1490. The number of aromatic nitrogens is 3. The van der Waals surface area contributed by atoms with Crippen LogP contribution in [0, 0.1) is 0 Å². The zero-order chi connectivity index (χ0) is 25.2. The van der Waals surface area contributed by atoms with Gasteiger partial charge in [0.15, 0.2) is 0 Å². The molecule has 0 radical (unpaired) electrons. The Morgan fingerprint density at radius 1 is 1.11 bits per heavy atom. The molecule has 0 amide bonds. The Morgan fingerprint density at radius 3 is 2.69 bits per heavy atom. The molecule has 8 nitrogen and oxygen atoms in total. The van der Waals surface area contributed by atoms with Crippen LogP contribution < -0.4 is 15.1 Å². The summed E-state index contributed by atoms with van der Waals surface area (Å²) in [6.45, 7) is 1.42. The van der Waals surface area contributed by atoms with Crippen molar-refractivity contribution in [1.82, 2.24) is 14.5 Å². The molecular weight excluding hydrogens is 503 g/mol. The number of pyridine rings is 3. The molecule has 184 valence electrons. The van der Waals surface area contributed by atoms with E-state index in [2.05, 4.69) is 14.9 Å². The summed E-state index contributed by atoms with van der Waals surface area (Å²) < 4.78 is 7.64. The number of carboxylic acids is 1. The summed E-state index contributed by atoms with van der Waals surface area (Å²) in [5.74, 6) is -0.914. The average molecular weight is 525 g/mol. The Balaban J connectivity index is 1.54. The fourth-order valence-electron chi connectivity index (χ4n) is 4.55. The van der Waals surface area contributed by atoms with Crippen LogP contribution in [0.5, 0.6) is 5.88 Å². The lowest BCUT2D eigenvalue weighted by molar-refractivity contribution is 0.0695. The summed E-state index contributed by atoms with van der Waals surface area (Å²) >= 11 is 12.9. The lowest BCUT2D eigenvalue weighted by atomic mass is 10.1. The van der Waals surface area contributed by atoms with Crippen molar-refractivity contribution in [3.8, 4) is 5.88 Å². The zero-order valence-corrected chi connectivity index (χ0v) is 20.6. The first-order valence-corrected chi connectivity index (χ1v) is 12.2. The van der Waals surface area contributed by atoms with Crippen LogP contribution in [-0.2, 0) is 6.54 Å². The molecule has 1 atom stereocenters. The Morgan fingerprint density at radius 2 is 1.94 bits per heavy atom. The molecule has 1 aliphatic rings. The van der Waals surface area contributed by atoms with E-state index >= 15 is 0 Å². The second-order valence-corrected chi connectivity index (χ2v) is 9.35. The number of carboxylic acid groups (broad SMARTS) is 1. The summed E-state index contributed by atoms with van der Waals surface area (Å²) in [6.07, 6.45) is 6.49. The SMILES string of the molecule is O=C(O)c1cn(Cc2ccccn2)c2cc(N3CCC[C@@H]3COc3ncccc3Cl)c(Cl)cc2c1=O. The van der Waals surface area contributed by atoms with E-state index in [9.17, 15) is 14.7 Å². The van der Waals surface area contributed by atoms with Crippen molar-refractivity contribution in [1.29, 1.82) is 0 Å². The number of hydrogen-bond acceptors (Lipinski definition) is 6. The van der Waals surface area contributed by atoms with Crippen molar-refractivity contribution in [3.63, 3.8) is 0 Å². The number of carbonyl (C=O) groups is 1. The first kappa shape index (κ1) is 24.1. The first-order chi connectivity index (χ1) is 17.4. The van der Waals surface area contributed by atoms with Crippen LogP contribution >= 0.6 is 23.2 Å². The average Bonchev–Trinajstić information content (AvgIpc) is 3.34. The maximum absolute atomic E-state index is 13.0. The van der Waals surface area contributed by atoms with Crippen molar-refractivity contribution in [2.45, 2.75) is 25.4 Å². The Kier molecular flexibility index (Phi) is 6.80. The minimum atomic E-state index is -1.29. The van der Waals surface area contributed by atoms with Crippen LogP contribution in [0.25, 0.3) is 10.9 Å². The molecule has 1 N–H and O–H groups in total. The molecule has 0 unspecified atom stereocenters. The van der Waals surface area contributed by atoms with Crippen LogP contribution in [0.1, 0.15) is 28.9 Å². The summed E-state index contributed by atoms with van der Waals surface area (Å²) in [6, 6.07) is 12.4. The third-order valence-electron chi connectivity index (χ3n) is 6.26. The number of aromatic carboxylic acids is 1. The van der Waals surface area contributed by atoms with Gasteiger partial charge < -0.3 is 19.3 Å². The summed E-state index contributed by atoms with van der Waals surface area (Å²) in [7, 11) is 0. The van der Waals surface area contributed by atoms with Gasteiger partial charge in [0, 0.05) is 30.5 Å². The van der Waals surface area contributed by atoms with Gasteiger partial charge in [0.05, 0.1) is 34.5 Å². The quantitative estimate of drug-likeness (QED) is 0.367. The van der Waals surface area contributed by atoms with Gasteiger partial charge in [-0.2, -0.15) is 0 Å². The van der Waals surface area contributed by atoms with Gasteiger partial charge in [0.2, 0.25) is 11.3 Å². The van der Waals surface area contributed by atoms with Gasteiger partial charge in [-0.25, -0.2) is 9.78 Å². The standard InChI is InChI=1S/C26H22Cl2N4O4/c27-20-7-3-9-30-25(20)36-15-17-6-4-10-32(17)23-12-22-18(11-21(23)28)24(33)19(26(34)35)14-31(22)13-16-5-1-2-8-29-16/h1-3,5,7-9,11-12,14,17H,4,6,10,13,15H2,(H,34,35)/t17-/m1/s1. The van der Waals surface area contributed by atoms with Gasteiger partial charge in [0.1, 0.15) is 17.2 Å². The molecule has 1 fully saturated rings. The minimum absolute atomic E-state index is 0.0206. The number of nitrogens with zero attached hydrogens (tertiary/aromatic N) is 4. The Hall–Kier alpha value is -3.62. The molecule has 5 rings (SSSR count). The van der Waals surface area contributed by atoms with Crippen molar-refractivity contribution in [2.24, 2.45) is 0 Å². The highest BCUT2D eigenvalue weighted by atomic mass is 35.5. The van der Waals surface area contributed by atoms with E-state index in [4.69, 9.17) is 27.9 Å². The fourth-order valence-corrected chi connectivity index (χ4v) is 5.00. The van der Waals surface area contributed by atoms with Gasteiger partial charge >= 0.3 is 5.97 Å². The first-order valence-electron chi connectivity index (χ1n) is 11.4. The predicted octanol–water partition coefficient (Wildman–Crippen LogP) is 4.89. The van der Waals surface area contributed by atoms with Crippen LogP contribution in [0.2, 0.25) is 10.0 Å². The highest BCUT2D eigenvalue weighted by Gasteiger charge is 2.28. The molecule has 0 spiro atoms. The molecule has 36 heavy (non-hydrogen) atoms. The van der Waals surface area contributed by atoms with Crippen molar-refractivity contribution in [2.75, 3.05) is 18.1 Å². The second-order valence-electron chi connectivity index (χ2n) is 8.54. The molecule has 4 heterocycles. The summed E-state index contributed by atoms with van der Waals surface area (Å²) in [5.41, 5.74) is 1.17. The van der Waals surface area contributed by atoms with Gasteiger partial charge in [0.25, 0.3) is 0 Å². The molecule has 0 aliphatic carbocycles. The summed E-state index contributed by atoms with van der Waals surface area (Å²) in [5, 5.41) is 10.7. The fraction of sp³-hybridized carbons (Fsp3) is 0.231. The molecular formula is C26H22Cl2N4O4. The monoisotopic (exact) mass is 524 g/mol.